The quantitative estimate of drug-likeness (QED) is 0.682. The lowest BCUT2D eigenvalue weighted by atomic mass is 10.1. The van der Waals surface area contributed by atoms with E-state index in [9.17, 15) is 4.57 Å². The van der Waals surface area contributed by atoms with Crippen LogP contribution in [0, 0.1) is 0 Å². The van der Waals surface area contributed by atoms with Crippen molar-refractivity contribution >= 4 is 7.82 Å². The molecule has 1 atom stereocenters. The molecule has 0 unspecified atom stereocenters. The summed E-state index contributed by atoms with van der Waals surface area (Å²) < 4.78 is 15.0. The molecule has 90 valence electrons. The Hall–Kier alpha value is -0.870. The van der Waals surface area contributed by atoms with Gasteiger partial charge in [-0.05, 0) is 30.5 Å². The lowest BCUT2D eigenvalue weighted by molar-refractivity contribution is 0.283. The highest BCUT2D eigenvalue weighted by molar-refractivity contribution is 7.46. The van der Waals surface area contributed by atoms with Crippen LogP contribution in [-0.2, 0) is 11.0 Å². The Kier molecular flexibility index (Phi) is 4.50. The van der Waals surface area contributed by atoms with Crippen LogP contribution in [0.1, 0.15) is 18.9 Å². The van der Waals surface area contributed by atoms with Gasteiger partial charge in [-0.25, -0.2) is 4.57 Å². The SMILES string of the molecule is CC[C@@H](N)Cc1ccc(OP(=O)(O)O)cc1. The zero-order valence-electron chi connectivity index (χ0n) is 9.04. The summed E-state index contributed by atoms with van der Waals surface area (Å²) in [5, 5.41) is 0. The van der Waals surface area contributed by atoms with E-state index < -0.39 is 7.82 Å². The lowest BCUT2D eigenvalue weighted by Crippen LogP contribution is -2.21. The molecule has 0 bridgehead atoms. The van der Waals surface area contributed by atoms with E-state index in [2.05, 4.69) is 4.52 Å². The molecule has 0 heterocycles. The van der Waals surface area contributed by atoms with Crippen LogP contribution in [0.25, 0.3) is 0 Å². The van der Waals surface area contributed by atoms with E-state index in [1.807, 2.05) is 6.92 Å². The van der Waals surface area contributed by atoms with E-state index in [1.54, 1.807) is 12.1 Å². The van der Waals surface area contributed by atoms with Gasteiger partial charge >= 0.3 is 7.82 Å². The monoisotopic (exact) mass is 245 g/mol. The van der Waals surface area contributed by atoms with E-state index in [0.29, 0.717) is 0 Å². The van der Waals surface area contributed by atoms with Gasteiger partial charge in [0.2, 0.25) is 0 Å². The molecule has 1 aromatic rings. The second-order valence-corrected chi connectivity index (χ2v) is 4.76. The molecule has 16 heavy (non-hydrogen) atoms. The van der Waals surface area contributed by atoms with Crippen molar-refractivity contribution in [1.29, 1.82) is 0 Å². The molecule has 0 fully saturated rings. The van der Waals surface area contributed by atoms with Crippen LogP contribution in [0.15, 0.2) is 24.3 Å². The van der Waals surface area contributed by atoms with Crippen LogP contribution < -0.4 is 10.3 Å². The topological polar surface area (TPSA) is 92.8 Å². The van der Waals surface area contributed by atoms with Gasteiger partial charge in [0.25, 0.3) is 0 Å². The minimum Gasteiger partial charge on any atom is -0.404 e. The van der Waals surface area contributed by atoms with E-state index in [4.69, 9.17) is 15.5 Å². The van der Waals surface area contributed by atoms with Crippen molar-refractivity contribution in [2.45, 2.75) is 25.8 Å². The van der Waals surface area contributed by atoms with E-state index in [-0.39, 0.29) is 11.8 Å². The average molecular weight is 245 g/mol. The largest absolute Gasteiger partial charge is 0.524 e. The molecule has 4 N–H and O–H groups in total. The highest BCUT2D eigenvalue weighted by atomic mass is 31.2. The third kappa shape index (κ3) is 4.77. The standard InChI is InChI=1S/C10H16NO4P/c1-2-9(11)7-8-3-5-10(6-4-8)15-16(12,13)14/h3-6,9H,2,7,11H2,1H3,(H2,12,13,14)/t9-/m1/s1. The Labute approximate surface area is 94.5 Å². The van der Waals surface area contributed by atoms with Crippen LogP contribution in [-0.4, -0.2) is 15.8 Å². The molecule has 0 saturated carbocycles. The number of rotatable bonds is 5. The number of nitrogens with two attached hydrogens (primary N) is 1. The fourth-order valence-corrected chi connectivity index (χ4v) is 1.67. The van der Waals surface area contributed by atoms with Gasteiger partial charge in [-0.3, -0.25) is 9.79 Å². The van der Waals surface area contributed by atoms with Gasteiger partial charge in [0.1, 0.15) is 5.75 Å². The maximum absolute atomic E-state index is 10.6. The summed E-state index contributed by atoms with van der Waals surface area (Å²) in [5.74, 6) is 0.155. The Morgan fingerprint density at radius 2 is 1.94 bits per heavy atom. The molecule has 0 aliphatic rings. The van der Waals surface area contributed by atoms with Crippen molar-refractivity contribution < 1.29 is 18.9 Å². The normalized spacial score (nSPS) is 13.5. The Balaban J connectivity index is 2.64. The summed E-state index contributed by atoms with van der Waals surface area (Å²) in [6.45, 7) is 2.01. The van der Waals surface area contributed by atoms with Gasteiger partial charge in [0.15, 0.2) is 0 Å². The van der Waals surface area contributed by atoms with E-state index >= 15 is 0 Å². The second-order valence-electron chi connectivity index (χ2n) is 3.60. The number of phosphoric ester groups is 1. The summed E-state index contributed by atoms with van der Waals surface area (Å²) in [4.78, 5) is 17.2. The second kappa shape index (κ2) is 5.46. The highest BCUT2D eigenvalue weighted by Gasteiger charge is 2.15. The van der Waals surface area contributed by atoms with Crippen molar-refractivity contribution in [2.75, 3.05) is 0 Å². The number of hydrogen-bond donors (Lipinski definition) is 3. The summed E-state index contributed by atoms with van der Waals surface area (Å²) in [6.07, 6.45) is 1.63. The molecule has 1 rings (SSSR count). The first-order chi connectivity index (χ1) is 7.40. The summed E-state index contributed by atoms with van der Waals surface area (Å²) >= 11 is 0. The molecule has 0 spiro atoms. The minimum absolute atomic E-state index is 0.105. The molecule has 0 aromatic heterocycles. The molecular weight excluding hydrogens is 229 g/mol. The van der Waals surface area contributed by atoms with Crippen LogP contribution in [0.5, 0.6) is 5.75 Å². The van der Waals surface area contributed by atoms with Gasteiger partial charge < -0.3 is 10.3 Å². The molecule has 1 aromatic carbocycles. The van der Waals surface area contributed by atoms with Gasteiger partial charge in [0, 0.05) is 6.04 Å². The van der Waals surface area contributed by atoms with Crippen molar-refractivity contribution in [3.8, 4) is 5.75 Å². The van der Waals surface area contributed by atoms with Crippen molar-refractivity contribution in [2.24, 2.45) is 5.73 Å². The molecular formula is C10H16NO4P. The predicted octanol–water partition coefficient (Wildman–Crippen LogP) is 1.44. The predicted molar refractivity (Wildman–Crippen MR) is 61.1 cm³/mol. The third-order valence-corrected chi connectivity index (χ3v) is 2.62. The van der Waals surface area contributed by atoms with E-state index in [1.165, 1.54) is 12.1 Å². The van der Waals surface area contributed by atoms with E-state index in [0.717, 1.165) is 18.4 Å². The first-order valence-electron chi connectivity index (χ1n) is 5.00. The van der Waals surface area contributed by atoms with Crippen molar-refractivity contribution in [1.82, 2.24) is 0 Å². The first-order valence-corrected chi connectivity index (χ1v) is 6.53. The number of benzene rings is 1. The Morgan fingerprint density at radius 3 is 2.38 bits per heavy atom. The Morgan fingerprint density at radius 1 is 1.38 bits per heavy atom. The lowest BCUT2D eigenvalue weighted by Gasteiger charge is -2.10. The molecule has 0 aliphatic heterocycles. The summed E-state index contributed by atoms with van der Waals surface area (Å²) in [5.41, 5.74) is 6.81. The van der Waals surface area contributed by atoms with Crippen LogP contribution >= 0.6 is 7.82 Å². The number of phosphoric acid groups is 1. The third-order valence-electron chi connectivity index (χ3n) is 2.17. The first kappa shape index (κ1) is 13.2. The minimum atomic E-state index is -4.46. The average Bonchev–Trinajstić information content (AvgIpc) is 2.18. The zero-order valence-corrected chi connectivity index (χ0v) is 9.93. The molecule has 0 amide bonds. The summed E-state index contributed by atoms with van der Waals surface area (Å²) in [7, 11) is -4.46. The number of hydrogen-bond acceptors (Lipinski definition) is 3. The van der Waals surface area contributed by atoms with Crippen molar-refractivity contribution in [3.63, 3.8) is 0 Å². The van der Waals surface area contributed by atoms with Gasteiger partial charge in [-0.2, -0.15) is 0 Å². The van der Waals surface area contributed by atoms with Gasteiger partial charge in [-0.15, -0.1) is 0 Å². The highest BCUT2D eigenvalue weighted by Crippen LogP contribution is 2.37. The van der Waals surface area contributed by atoms with Crippen molar-refractivity contribution in [3.05, 3.63) is 29.8 Å². The maximum Gasteiger partial charge on any atom is 0.524 e. The van der Waals surface area contributed by atoms with Gasteiger partial charge in [0.05, 0.1) is 0 Å². The molecule has 5 nitrogen and oxygen atoms in total. The van der Waals surface area contributed by atoms with Crippen LogP contribution in [0.4, 0.5) is 0 Å². The molecule has 6 heteroatoms. The Bertz CT molecular complexity index is 373. The van der Waals surface area contributed by atoms with Crippen LogP contribution in [0.3, 0.4) is 0 Å². The maximum atomic E-state index is 10.6. The van der Waals surface area contributed by atoms with Gasteiger partial charge in [-0.1, -0.05) is 19.1 Å². The van der Waals surface area contributed by atoms with Crippen LogP contribution in [0.2, 0.25) is 0 Å². The molecule has 0 aliphatic carbocycles. The smallest absolute Gasteiger partial charge is 0.404 e. The fraction of sp³-hybridized carbons (Fsp3) is 0.400. The summed E-state index contributed by atoms with van der Waals surface area (Å²) in [6, 6.07) is 6.66. The zero-order chi connectivity index (χ0) is 12.2. The molecule has 0 saturated heterocycles. The molecule has 0 radical (unpaired) electrons. The fourth-order valence-electron chi connectivity index (χ4n) is 1.27.